The molecule has 0 aliphatic carbocycles. The number of benzene rings is 1. The standard InChI is InChI=1S/C10H10N4O2/c1-5-4-6(2-3-7(5)11)10-13-9(8(12)15)14-16-10/h2-4H,11H2,1H3,(H2,12,15). The smallest absolute Gasteiger partial charge is 0.290 e. The van der Waals surface area contributed by atoms with Gasteiger partial charge in [0.15, 0.2) is 0 Å². The number of aromatic nitrogens is 2. The highest BCUT2D eigenvalue weighted by Gasteiger charge is 2.12. The van der Waals surface area contributed by atoms with Gasteiger partial charge in [0.1, 0.15) is 0 Å². The number of hydrogen-bond donors (Lipinski definition) is 2. The third-order valence-corrected chi connectivity index (χ3v) is 2.16. The summed E-state index contributed by atoms with van der Waals surface area (Å²) in [5.41, 5.74) is 13.0. The van der Waals surface area contributed by atoms with E-state index in [0.29, 0.717) is 11.3 Å². The molecule has 0 bridgehead atoms. The Morgan fingerprint density at radius 3 is 2.75 bits per heavy atom. The predicted molar refractivity (Wildman–Crippen MR) is 57.4 cm³/mol. The highest BCUT2D eigenvalue weighted by Crippen LogP contribution is 2.21. The number of nitrogens with zero attached hydrogens (tertiary/aromatic N) is 2. The predicted octanol–water partition coefficient (Wildman–Crippen LogP) is 0.726. The second kappa shape index (κ2) is 3.65. The first kappa shape index (κ1) is 10.2. The topological polar surface area (TPSA) is 108 Å². The fourth-order valence-electron chi connectivity index (χ4n) is 1.25. The zero-order valence-electron chi connectivity index (χ0n) is 8.60. The molecule has 0 aliphatic heterocycles. The van der Waals surface area contributed by atoms with E-state index in [1.807, 2.05) is 6.92 Å². The minimum atomic E-state index is -0.720. The Morgan fingerprint density at radius 1 is 1.44 bits per heavy atom. The van der Waals surface area contributed by atoms with E-state index >= 15 is 0 Å². The average molecular weight is 218 g/mol. The summed E-state index contributed by atoms with van der Waals surface area (Å²) in [7, 11) is 0. The fraction of sp³-hybridized carbons (Fsp3) is 0.100. The Hall–Kier alpha value is -2.37. The second-order valence-electron chi connectivity index (χ2n) is 3.36. The Balaban J connectivity index is 2.42. The Morgan fingerprint density at radius 2 is 2.19 bits per heavy atom. The van der Waals surface area contributed by atoms with Crippen LogP contribution in [-0.2, 0) is 0 Å². The Kier molecular flexibility index (Phi) is 2.32. The molecule has 6 nitrogen and oxygen atoms in total. The summed E-state index contributed by atoms with van der Waals surface area (Å²) < 4.78 is 4.90. The number of carbonyl (C=O) groups excluding carboxylic acids is 1. The van der Waals surface area contributed by atoms with Crippen LogP contribution in [0.15, 0.2) is 22.7 Å². The first-order valence-corrected chi connectivity index (χ1v) is 4.58. The summed E-state index contributed by atoms with van der Waals surface area (Å²) in [4.78, 5) is 14.6. The van der Waals surface area contributed by atoms with Gasteiger partial charge in [0.2, 0.25) is 0 Å². The van der Waals surface area contributed by atoms with Crippen molar-refractivity contribution in [3.63, 3.8) is 0 Å². The number of amides is 1. The number of hydrogen-bond acceptors (Lipinski definition) is 5. The number of anilines is 1. The normalized spacial score (nSPS) is 10.3. The van der Waals surface area contributed by atoms with Gasteiger partial charge in [-0.15, -0.1) is 0 Å². The third kappa shape index (κ3) is 1.72. The summed E-state index contributed by atoms with van der Waals surface area (Å²) in [6, 6.07) is 5.27. The maximum absolute atomic E-state index is 10.8. The third-order valence-electron chi connectivity index (χ3n) is 2.16. The maximum atomic E-state index is 10.8. The van der Waals surface area contributed by atoms with Gasteiger partial charge in [-0.25, -0.2) is 0 Å². The lowest BCUT2D eigenvalue weighted by Gasteiger charge is -2.00. The van der Waals surface area contributed by atoms with E-state index in [1.165, 1.54) is 0 Å². The van der Waals surface area contributed by atoms with Crippen LogP contribution in [0.1, 0.15) is 16.2 Å². The van der Waals surface area contributed by atoms with Crippen molar-refractivity contribution in [1.29, 1.82) is 0 Å². The van der Waals surface area contributed by atoms with E-state index in [4.69, 9.17) is 16.0 Å². The lowest BCUT2D eigenvalue weighted by Crippen LogP contribution is -2.12. The molecule has 0 atom stereocenters. The van der Waals surface area contributed by atoms with E-state index in [0.717, 1.165) is 5.56 Å². The van der Waals surface area contributed by atoms with Crippen LogP contribution in [0.4, 0.5) is 5.69 Å². The van der Waals surface area contributed by atoms with Gasteiger partial charge in [-0.05, 0) is 30.7 Å². The van der Waals surface area contributed by atoms with E-state index in [9.17, 15) is 4.79 Å². The molecule has 2 aromatic rings. The number of rotatable bonds is 2. The van der Waals surface area contributed by atoms with Crippen LogP contribution in [0.3, 0.4) is 0 Å². The summed E-state index contributed by atoms with van der Waals surface area (Å²) >= 11 is 0. The van der Waals surface area contributed by atoms with Crippen molar-refractivity contribution < 1.29 is 9.32 Å². The molecule has 0 aliphatic rings. The highest BCUT2D eigenvalue weighted by molar-refractivity contribution is 5.89. The second-order valence-corrected chi connectivity index (χ2v) is 3.36. The molecular formula is C10H10N4O2. The molecule has 1 aromatic carbocycles. The van der Waals surface area contributed by atoms with Crippen LogP contribution < -0.4 is 11.5 Å². The zero-order valence-corrected chi connectivity index (χ0v) is 8.60. The SMILES string of the molecule is Cc1cc(-c2nc(C(N)=O)no2)ccc1N. The van der Waals surface area contributed by atoms with Crippen molar-refractivity contribution in [2.45, 2.75) is 6.92 Å². The molecule has 0 spiro atoms. The van der Waals surface area contributed by atoms with Crippen molar-refractivity contribution in [3.8, 4) is 11.5 Å². The molecule has 6 heteroatoms. The molecule has 16 heavy (non-hydrogen) atoms. The van der Waals surface area contributed by atoms with Gasteiger partial charge < -0.3 is 16.0 Å². The lowest BCUT2D eigenvalue weighted by molar-refractivity contribution is 0.0987. The maximum Gasteiger partial charge on any atom is 0.290 e. The molecule has 2 rings (SSSR count). The van der Waals surface area contributed by atoms with Crippen LogP contribution in [0, 0.1) is 6.92 Å². The number of carbonyl (C=O) groups is 1. The molecule has 82 valence electrons. The molecule has 0 unspecified atom stereocenters. The van der Waals surface area contributed by atoms with Gasteiger partial charge in [-0.3, -0.25) is 4.79 Å². The van der Waals surface area contributed by atoms with Gasteiger partial charge in [-0.1, -0.05) is 5.16 Å². The van der Waals surface area contributed by atoms with Crippen molar-refractivity contribution in [2.24, 2.45) is 5.73 Å². The molecule has 0 fully saturated rings. The van der Waals surface area contributed by atoms with E-state index in [1.54, 1.807) is 18.2 Å². The molecule has 0 saturated heterocycles. The molecule has 1 heterocycles. The Bertz CT molecular complexity index is 548. The van der Waals surface area contributed by atoms with Crippen LogP contribution in [0.5, 0.6) is 0 Å². The number of nitrogens with two attached hydrogens (primary N) is 2. The molecule has 0 radical (unpaired) electrons. The summed E-state index contributed by atoms with van der Waals surface area (Å²) in [5.74, 6) is -0.608. The quantitative estimate of drug-likeness (QED) is 0.722. The minimum Gasteiger partial charge on any atom is -0.399 e. The van der Waals surface area contributed by atoms with Gasteiger partial charge >= 0.3 is 0 Å². The highest BCUT2D eigenvalue weighted by atomic mass is 16.5. The van der Waals surface area contributed by atoms with Crippen molar-refractivity contribution in [3.05, 3.63) is 29.6 Å². The average Bonchev–Trinajstić information content (AvgIpc) is 2.71. The Labute approximate surface area is 91.2 Å². The lowest BCUT2D eigenvalue weighted by atomic mass is 10.1. The van der Waals surface area contributed by atoms with Gasteiger partial charge in [0.05, 0.1) is 0 Å². The summed E-state index contributed by atoms with van der Waals surface area (Å²) in [5, 5.41) is 3.45. The number of primary amides is 1. The first-order valence-electron chi connectivity index (χ1n) is 4.58. The molecule has 4 N–H and O–H groups in total. The summed E-state index contributed by atoms with van der Waals surface area (Å²) in [6.07, 6.45) is 0. The molecular weight excluding hydrogens is 208 g/mol. The van der Waals surface area contributed by atoms with Crippen molar-refractivity contribution >= 4 is 11.6 Å². The van der Waals surface area contributed by atoms with Crippen LogP contribution in [0.2, 0.25) is 0 Å². The number of nitrogen functional groups attached to an aromatic ring is 1. The van der Waals surface area contributed by atoms with E-state index < -0.39 is 5.91 Å². The summed E-state index contributed by atoms with van der Waals surface area (Å²) in [6.45, 7) is 1.87. The zero-order chi connectivity index (χ0) is 11.7. The van der Waals surface area contributed by atoms with Gasteiger partial charge in [-0.2, -0.15) is 4.98 Å². The van der Waals surface area contributed by atoms with E-state index in [2.05, 4.69) is 10.1 Å². The van der Waals surface area contributed by atoms with Crippen molar-refractivity contribution in [2.75, 3.05) is 5.73 Å². The fourth-order valence-corrected chi connectivity index (χ4v) is 1.25. The largest absolute Gasteiger partial charge is 0.399 e. The minimum absolute atomic E-state index is 0.135. The molecule has 1 amide bonds. The van der Waals surface area contributed by atoms with E-state index in [-0.39, 0.29) is 11.7 Å². The monoisotopic (exact) mass is 218 g/mol. The molecule has 0 saturated carbocycles. The van der Waals surface area contributed by atoms with Crippen molar-refractivity contribution in [1.82, 2.24) is 10.1 Å². The van der Waals surface area contributed by atoms with Gasteiger partial charge in [0, 0.05) is 11.3 Å². The van der Waals surface area contributed by atoms with Crippen LogP contribution in [-0.4, -0.2) is 16.0 Å². The van der Waals surface area contributed by atoms with Gasteiger partial charge in [0.25, 0.3) is 17.6 Å². The molecule has 1 aromatic heterocycles. The number of aryl methyl sites for hydroxylation is 1. The van der Waals surface area contributed by atoms with Crippen LogP contribution >= 0.6 is 0 Å². The first-order chi connectivity index (χ1) is 7.58. The van der Waals surface area contributed by atoms with Crippen LogP contribution in [0.25, 0.3) is 11.5 Å².